The van der Waals surface area contributed by atoms with Gasteiger partial charge in [0.1, 0.15) is 0 Å². The summed E-state index contributed by atoms with van der Waals surface area (Å²) in [5, 5.41) is 20.1. The molecule has 6 nitrogen and oxygen atoms in total. The molecule has 0 radical (unpaired) electrons. The topological polar surface area (TPSA) is 70.2 Å². The first kappa shape index (κ1) is 22.3. The van der Waals surface area contributed by atoms with Gasteiger partial charge in [-0.15, -0.1) is 10.2 Å². The first-order valence-electron chi connectivity index (χ1n) is 11.4. The number of hydrogen-bond donors (Lipinski definition) is 1. The van der Waals surface area contributed by atoms with Crippen LogP contribution in [0.5, 0.6) is 5.88 Å². The average Bonchev–Trinajstić information content (AvgIpc) is 3.15. The van der Waals surface area contributed by atoms with Crippen LogP contribution in [0.25, 0.3) is 10.9 Å². The number of hydrogen-bond acceptors (Lipinski definition) is 4. The number of halogens is 1. The largest absolute Gasteiger partial charge is 0.493 e. The summed E-state index contributed by atoms with van der Waals surface area (Å²) >= 11 is 3.38. The summed E-state index contributed by atoms with van der Waals surface area (Å²) in [5.41, 5.74) is 2.30. The van der Waals surface area contributed by atoms with Crippen LogP contribution in [0.1, 0.15) is 50.4 Å². The zero-order chi connectivity index (χ0) is 23.4. The Morgan fingerprint density at radius 2 is 1.85 bits per heavy atom. The third-order valence-corrected chi connectivity index (χ3v) is 7.80. The SMILES string of the molecule is CC1(C)C[C@H]2C[C@@](C)(CN2Cn2c(O)c(N=NC(=O)c3ccccc3Br)c3ccccc32)C1. The molecule has 0 spiro atoms. The van der Waals surface area contributed by atoms with E-state index in [1.165, 1.54) is 12.8 Å². The summed E-state index contributed by atoms with van der Waals surface area (Å²) < 4.78 is 2.57. The second-order valence-corrected chi connectivity index (χ2v) is 11.6. The van der Waals surface area contributed by atoms with Crippen molar-refractivity contribution >= 4 is 38.4 Å². The van der Waals surface area contributed by atoms with Crippen LogP contribution in [0.3, 0.4) is 0 Å². The predicted molar refractivity (Wildman–Crippen MR) is 133 cm³/mol. The monoisotopic (exact) mass is 508 g/mol. The highest BCUT2D eigenvalue weighted by molar-refractivity contribution is 9.10. The molecule has 1 aliphatic carbocycles. The van der Waals surface area contributed by atoms with E-state index in [2.05, 4.69) is 51.8 Å². The van der Waals surface area contributed by atoms with Crippen molar-refractivity contribution in [3.05, 3.63) is 58.6 Å². The molecule has 172 valence electrons. The maximum atomic E-state index is 12.6. The summed E-state index contributed by atoms with van der Waals surface area (Å²) in [5.74, 6) is -0.409. The Balaban J connectivity index is 1.48. The fraction of sp³-hybridized carbons (Fsp3) is 0.423. The van der Waals surface area contributed by atoms with Gasteiger partial charge in [-0.25, -0.2) is 0 Å². The lowest BCUT2D eigenvalue weighted by Gasteiger charge is -2.40. The summed E-state index contributed by atoms with van der Waals surface area (Å²) in [6.07, 6.45) is 3.58. The van der Waals surface area contributed by atoms with E-state index in [1.807, 2.05) is 34.9 Å². The molecule has 7 heteroatoms. The second-order valence-electron chi connectivity index (χ2n) is 10.7. The summed E-state index contributed by atoms with van der Waals surface area (Å²) in [6, 6.07) is 15.4. The Morgan fingerprint density at radius 1 is 1.12 bits per heavy atom. The van der Waals surface area contributed by atoms with E-state index in [0.29, 0.717) is 39.3 Å². The third-order valence-electron chi connectivity index (χ3n) is 7.11. The van der Waals surface area contributed by atoms with Crippen LogP contribution in [0.15, 0.2) is 63.2 Å². The average molecular weight is 509 g/mol. The van der Waals surface area contributed by atoms with Gasteiger partial charge in [-0.3, -0.25) is 14.3 Å². The molecule has 33 heavy (non-hydrogen) atoms. The smallest absolute Gasteiger partial charge is 0.296 e. The molecule has 2 bridgehead atoms. The maximum Gasteiger partial charge on any atom is 0.296 e. The zero-order valence-corrected chi connectivity index (χ0v) is 20.8. The van der Waals surface area contributed by atoms with Crippen LogP contribution in [0.2, 0.25) is 0 Å². The van der Waals surface area contributed by atoms with E-state index in [4.69, 9.17) is 0 Å². The van der Waals surface area contributed by atoms with Gasteiger partial charge in [0.2, 0.25) is 5.88 Å². The van der Waals surface area contributed by atoms with Gasteiger partial charge >= 0.3 is 0 Å². The summed E-state index contributed by atoms with van der Waals surface area (Å²) in [4.78, 5) is 15.1. The highest BCUT2D eigenvalue weighted by atomic mass is 79.9. The Morgan fingerprint density at radius 3 is 2.64 bits per heavy atom. The quantitative estimate of drug-likeness (QED) is 0.390. The Bertz CT molecular complexity index is 1260. The molecule has 0 unspecified atom stereocenters. The lowest BCUT2D eigenvalue weighted by molar-refractivity contribution is 0.0994. The first-order valence-corrected chi connectivity index (χ1v) is 12.2. The minimum Gasteiger partial charge on any atom is -0.493 e. The van der Waals surface area contributed by atoms with Gasteiger partial charge in [0, 0.05) is 22.4 Å². The number of para-hydroxylation sites is 1. The van der Waals surface area contributed by atoms with Crippen molar-refractivity contribution in [3.8, 4) is 5.88 Å². The zero-order valence-electron chi connectivity index (χ0n) is 19.3. The van der Waals surface area contributed by atoms with E-state index in [9.17, 15) is 9.90 Å². The van der Waals surface area contributed by atoms with Gasteiger partial charge in [0.25, 0.3) is 5.91 Å². The standard InChI is InChI=1S/C26H29BrN4O2/c1-25(2)12-17-13-26(3,14-25)15-30(17)16-31-21-11-7-5-9-19(21)22(24(31)33)28-29-23(32)18-8-4-6-10-20(18)27/h4-11,17,33H,12-16H2,1-3H3/t17-,26+/m0/s1. The van der Waals surface area contributed by atoms with Crippen LogP contribution in [0, 0.1) is 10.8 Å². The van der Waals surface area contributed by atoms with Crippen LogP contribution < -0.4 is 0 Å². The third kappa shape index (κ3) is 4.13. The van der Waals surface area contributed by atoms with Gasteiger partial charge in [0.05, 0.1) is 17.7 Å². The van der Waals surface area contributed by atoms with Crippen molar-refractivity contribution in [1.29, 1.82) is 0 Å². The maximum absolute atomic E-state index is 12.6. The molecule has 1 aliphatic heterocycles. The number of amides is 1. The molecule has 2 heterocycles. The highest BCUT2D eigenvalue weighted by Gasteiger charge is 2.49. The second kappa shape index (κ2) is 8.06. The van der Waals surface area contributed by atoms with Gasteiger partial charge in [-0.2, -0.15) is 0 Å². The van der Waals surface area contributed by atoms with Gasteiger partial charge < -0.3 is 5.11 Å². The molecule has 5 rings (SSSR count). The molecule has 1 amide bonds. The molecular weight excluding hydrogens is 480 g/mol. The van der Waals surface area contributed by atoms with E-state index in [0.717, 1.165) is 23.9 Å². The summed E-state index contributed by atoms with van der Waals surface area (Å²) in [6.45, 7) is 8.73. The number of rotatable bonds is 4. The highest BCUT2D eigenvalue weighted by Crippen LogP contribution is 2.53. The number of likely N-dealkylation sites (tertiary alicyclic amines) is 1. The molecular formula is C26H29BrN4O2. The number of fused-ring (bicyclic) bond motifs is 3. The van der Waals surface area contributed by atoms with E-state index >= 15 is 0 Å². The number of carbonyl (C=O) groups excluding carboxylic acids is 1. The van der Waals surface area contributed by atoms with Gasteiger partial charge in [-0.05, 0) is 64.2 Å². The molecule has 2 aromatic carbocycles. The number of aromatic hydroxyl groups is 1. The van der Waals surface area contributed by atoms with Crippen LogP contribution >= 0.6 is 15.9 Å². The molecule has 1 aromatic heterocycles. The van der Waals surface area contributed by atoms with E-state index in [-0.39, 0.29) is 5.88 Å². The van der Waals surface area contributed by atoms with E-state index in [1.54, 1.807) is 18.2 Å². The Kier molecular flexibility index (Phi) is 5.45. The van der Waals surface area contributed by atoms with E-state index < -0.39 is 5.91 Å². The molecule has 1 N–H and O–H groups in total. The lowest BCUT2D eigenvalue weighted by Crippen LogP contribution is -2.35. The summed E-state index contributed by atoms with van der Waals surface area (Å²) in [7, 11) is 0. The number of azo groups is 1. The predicted octanol–water partition coefficient (Wildman–Crippen LogP) is 6.89. The minimum absolute atomic E-state index is 0.0470. The fourth-order valence-electron chi connectivity index (χ4n) is 6.22. The first-order chi connectivity index (χ1) is 15.7. The molecule has 2 atom stereocenters. The van der Waals surface area contributed by atoms with Gasteiger partial charge in [-0.1, -0.05) is 51.1 Å². The Hall–Kier alpha value is -2.51. The minimum atomic E-state index is -0.456. The molecule has 2 fully saturated rings. The van der Waals surface area contributed by atoms with Crippen molar-refractivity contribution in [2.75, 3.05) is 6.54 Å². The fourth-order valence-corrected chi connectivity index (χ4v) is 6.68. The lowest BCUT2D eigenvalue weighted by atomic mass is 9.65. The molecule has 1 saturated carbocycles. The van der Waals surface area contributed by atoms with Crippen molar-refractivity contribution in [2.45, 2.75) is 52.7 Å². The normalized spacial score (nSPS) is 24.7. The number of aromatic nitrogens is 1. The van der Waals surface area contributed by atoms with Crippen molar-refractivity contribution in [1.82, 2.24) is 9.47 Å². The van der Waals surface area contributed by atoms with Crippen LogP contribution in [-0.2, 0) is 6.67 Å². The van der Waals surface area contributed by atoms with Crippen LogP contribution in [-0.4, -0.2) is 33.1 Å². The van der Waals surface area contributed by atoms with Crippen molar-refractivity contribution in [2.24, 2.45) is 21.1 Å². The number of nitrogens with zero attached hydrogens (tertiary/aromatic N) is 4. The van der Waals surface area contributed by atoms with Gasteiger partial charge in [0.15, 0.2) is 5.69 Å². The van der Waals surface area contributed by atoms with Crippen molar-refractivity contribution < 1.29 is 9.90 Å². The number of benzene rings is 2. The number of carbonyl (C=O) groups is 1. The molecule has 3 aromatic rings. The van der Waals surface area contributed by atoms with Crippen LogP contribution in [0.4, 0.5) is 5.69 Å². The Labute approximate surface area is 202 Å². The molecule has 1 saturated heterocycles. The van der Waals surface area contributed by atoms with Crippen molar-refractivity contribution in [3.63, 3.8) is 0 Å². The molecule has 2 aliphatic rings.